The van der Waals surface area contributed by atoms with E-state index in [4.69, 9.17) is 0 Å². The van der Waals surface area contributed by atoms with E-state index in [0.29, 0.717) is 5.41 Å². The van der Waals surface area contributed by atoms with Crippen LogP contribution in [0.1, 0.15) is 39.0 Å². The van der Waals surface area contributed by atoms with Crippen molar-refractivity contribution in [3.63, 3.8) is 0 Å². The zero-order valence-electron chi connectivity index (χ0n) is 9.10. The summed E-state index contributed by atoms with van der Waals surface area (Å²) in [6.07, 6.45) is 6.96. The fourth-order valence-electron chi connectivity index (χ4n) is 2.48. The number of rotatable bonds is 3. The van der Waals surface area contributed by atoms with Gasteiger partial charge in [0.25, 0.3) is 0 Å². The fourth-order valence-corrected chi connectivity index (χ4v) is 2.48. The highest BCUT2D eigenvalue weighted by molar-refractivity contribution is 5.81. The summed E-state index contributed by atoms with van der Waals surface area (Å²) in [4.78, 5) is 4.32. The van der Waals surface area contributed by atoms with E-state index >= 15 is 0 Å². The van der Waals surface area contributed by atoms with Gasteiger partial charge < -0.3 is 10.6 Å². The van der Waals surface area contributed by atoms with E-state index in [1.165, 1.54) is 32.1 Å². The summed E-state index contributed by atoms with van der Waals surface area (Å²) < 4.78 is 0. The molecule has 14 heavy (non-hydrogen) atoms. The second-order valence-corrected chi connectivity index (χ2v) is 4.85. The Morgan fingerprint density at radius 3 is 2.86 bits per heavy atom. The topological polar surface area (TPSA) is 36.4 Å². The lowest BCUT2D eigenvalue weighted by Gasteiger charge is -2.23. The summed E-state index contributed by atoms with van der Waals surface area (Å²) in [7, 11) is 0. The van der Waals surface area contributed by atoms with Crippen LogP contribution in [0.25, 0.3) is 0 Å². The monoisotopic (exact) mass is 195 g/mol. The second kappa shape index (κ2) is 4.20. The molecule has 0 amide bonds. The Bertz CT molecular complexity index is 217. The zero-order valence-corrected chi connectivity index (χ0v) is 9.10. The van der Waals surface area contributed by atoms with E-state index < -0.39 is 0 Å². The lowest BCUT2D eigenvalue weighted by Crippen LogP contribution is -2.35. The van der Waals surface area contributed by atoms with E-state index in [0.717, 1.165) is 25.6 Å². The molecule has 0 aromatic carbocycles. The third-order valence-corrected chi connectivity index (χ3v) is 3.51. The minimum absolute atomic E-state index is 0.603. The lowest BCUT2D eigenvalue weighted by atomic mass is 9.85. The predicted octanol–water partition coefficient (Wildman–Crippen LogP) is 1.51. The molecule has 0 atom stereocenters. The minimum Gasteiger partial charge on any atom is -0.356 e. The van der Waals surface area contributed by atoms with E-state index in [1.54, 1.807) is 0 Å². The molecule has 2 aliphatic rings. The number of guanidine groups is 1. The molecule has 2 N–H and O–H groups in total. The van der Waals surface area contributed by atoms with Crippen molar-refractivity contribution in [3.05, 3.63) is 0 Å². The highest BCUT2D eigenvalue weighted by Gasteiger charge is 2.27. The van der Waals surface area contributed by atoms with Crippen LogP contribution in [-0.2, 0) is 0 Å². The van der Waals surface area contributed by atoms with Crippen molar-refractivity contribution in [2.45, 2.75) is 39.0 Å². The Morgan fingerprint density at radius 2 is 2.21 bits per heavy atom. The number of nitrogens with one attached hydrogen (secondary N) is 2. The lowest BCUT2D eigenvalue weighted by molar-refractivity contribution is 0.309. The number of nitrogens with zero attached hydrogens (tertiary/aromatic N) is 1. The van der Waals surface area contributed by atoms with Crippen LogP contribution in [0.4, 0.5) is 0 Å². The van der Waals surface area contributed by atoms with E-state index in [1.807, 2.05) is 0 Å². The standard InChI is InChI=1S/C11H21N3/c1-11(4-2-3-5-11)6-7-12-10-13-8-9-14-10/h2-9H2,1H3,(H2,12,13,14). The van der Waals surface area contributed by atoms with Crippen molar-refractivity contribution >= 4 is 5.96 Å². The van der Waals surface area contributed by atoms with Gasteiger partial charge in [-0.15, -0.1) is 0 Å². The van der Waals surface area contributed by atoms with Gasteiger partial charge in [0.1, 0.15) is 0 Å². The van der Waals surface area contributed by atoms with E-state index in [9.17, 15) is 0 Å². The first-order valence-electron chi connectivity index (χ1n) is 5.81. The van der Waals surface area contributed by atoms with Crippen LogP contribution in [0, 0.1) is 5.41 Å². The van der Waals surface area contributed by atoms with Gasteiger partial charge in [-0.05, 0) is 24.7 Å². The van der Waals surface area contributed by atoms with Gasteiger partial charge in [-0.25, -0.2) is 0 Å². The number of aliphatic imine (C=N–C) groups is 1. The first-order chi connectivity index (χ1) is 6.79. The molecule has 1 fully saturated rings. The molecule has 0 bridgehead atoms. The third kappa shape index (κ3) is 2.40. The van der Waals surface area contributed by atoms with Gasteiger partial charge in [0.2, 0.25) is 0 Å². The average Bonchev–Trinajstić information content (AvgIpc) is 2.77. The Morgan fingerprint density at radius 1 is 1.43 bits per heavy atom. The molecule has 1 heterocycles. The summed E-state index contributed by atoms with van der Waals surface area (Å²) in [5.74, 6) is 1.01. The first-order valence-corrected chi connectivity index (χ1v) is 5.81. The third-order valence-electron chi connectivity index (χ3n) is 3.51. The van der Waals surface area contributed by atoms with Crippen LogP contribution in [-0.4, -0.2) is 25.6 Å². The molecule has 80 valence electrons. The molecule has 0 saturated heterocycles. The summed E-state index contributed by atoms with van der Waals surface area (Å²) >= 11 is 0. The number of hydrogen-bond donors (Lipinski definition) is 2. The van der Waals surface area contributed by atoms with Gasteiger partial charge in [-0.3, -0.25) is 4.99 Å². The largest absolute Gasteiger partial charge is 0.356 e. The predicted molar refractivity (Wildman–Crippen MR) is 59.5 cm³/mol. The molecular weight excluding hydrogens is 174 g/mol. The molecule has 1 saturated carbocycles. The van der Waals surface area contributed by atoms with E-state index in [-0.39, 0.29) is 0 Å². The summed E-state index contributed by atoms with van der Waals surface area (Å²) in [6.45, 7) is 5.42. The molecule has 2 rings (SSSR count). The van der Waals surface area contributed by atoms with Gasteiger partial charge in [-0.2, -0.15) is 0 Å². The maximum atomic E-state index is 4.32. The van der Waals surface area contributed by atoms with Crippen LogP contribution < -0.4 is 10.6 Å². The smallest absolute Gasteiger partial charge is 0.191 e. The Balaban J connectivity index is 1.66. The normalized spacial score (nSPS) is 24.5. The van der Waals surface area contributed by atoms with Crippen molar-refractivity contribution in [1.29, 1.82) is 0 Å². The zero-order chi connectivity index (χ0) is 9.86. The molecule has 0 unspecified atom stereocenters. The molecule has 1 aliphatic carbocycles. The maximum absolute atomic E-state index is 4.32. The molecule has 0 radical (unpaired) electrons. The van der Waals surface area contributed by atoms with E-state index in [2.05, 4.69) is 22.5 Å². The van der Waals surface area contributed by atoms with Crippen LogP contribution in [0.2, 0.25) is 0 Å². The van der Waals surface area contributed by atoms with Gasteiger partial charge in [0, 0.05) is 13.1 Å². The number of hydrogen-bond acceptors (Lipinski definition) is 3. The summed E-state index contributed by atoms with van der Waals surface area (Å²) in [6, 6.07) is 0. The summed E-state index contributed by atoms with van der Waals surface area (Å²) in [5, 5.41) is 6.61. The maximum Gasteiger partial charge on any atom is 0.191 e. The fraction of sp³-hybridized carbons (Fsp3) is 0.909. The highest BCUT2D eigenvalue weighted by Crippen LogP contribution is 2.39. The molecule has 3 heteroatoms. The minimum atomic E-state index is 0.603. The second-order valence-electron chi connectivity index (χ2n) is 4.85. The molecule has 1 aliphatic heterocycles. The summed E-state index contributed by atoms with van der Waals surface area (Å²) in [5.41, 5.74) is 0.603. The SMILES string of the molecule is CC1(CCNC2=NCCN2)CCCC1. The van der Waals surface area contributed by atoms with Crippen molar-refractivity contribution < 1.29 is 0 Å². The van der Waals surface area contributed by atoms with Crippen LogP contribution in [0.5, 0.6) is 0 Å². The van der Waals surface area contributed by atoms with Gasteiger partial charge >= 0.3 is 0 Å². The van der Waals surface area contributed by atoms with Crippen LogP contribution in [0.3, 0.4) is 0 Å². The van der Waals surface area contributed by atoms with Crippen molar-refractivity contribution in [2.24, 2.45) is 10.4 Å². The van der Waals surface area contributed by atoms with Crippen LogP contribution in [0.15, 0.2) is 4.99 Å². The van der Waals surface area contributed by atoms with Gasteiger partial charge in [0.15, 0.2) is 5.96 Å². The highest BCUT2D eigenvalue weighted by atomic mass is 15.2. The van der Waals surface area contributed by atoms with Crippen molar-refractivity contribution in [1.82, 2.24) is 10.6 Å². The molecule has 0 spiro atoms. The quantitative estimate of drug-likeness (QED) is 0.716. The first kappa shape index (κ1) is 9.81. The average molecular weight is 195 g/mol. The van der Waals surface area contributed by atoms with Crippen molar-refractivity contribution in [2.75, 3.05) is 19.6 Å². The molecule has 3 nitrogen and oxygen atoms in total. The Hall–Kier alpha value is -0.730. The van der Waals surface area contributed by atoms with Gasteiger partial charge in [0.05, 0.1) is 6.54 Å². The molecule has 0 aromatic rings. The molecular formula is C11H21N3. The van der Waals surface area contributed by atoms with Crippen molar-refractivity contribution in [3.8, 4) is 0 Å². The Kier molecular flexibility index (Phi) is 2.94. The van der Waals surface area contributed by atoms with Crippen LogP contribution >= 0.6 is 0 Å². The van der Waals surface area contributed by atoms with Gasteiger partial charge in [-0.1, -0.05) is 19.8 Å². The Labute approximate surface area is 86.4 Å². The molecule has 0 aromatic heterocycles.